The molecule has 0 radical (unpaired) electrons. The van der Waals surface area contributed by atoms with Gasteiger partial charge in [0, 0.05) is 0 Å². The number of carboxylic acids is 2. The topological polar surface area (TPSA) is 116 Å². The molecule has 18 heavy (non-hydrogen) atoms. The lowest BCUT2D eigenvalue weighted by molar-refractivity contribution is -0.142. The highest BCUT2D eigenvalue weighted by atomic mass is 16.4. The molecule has 0 unspecified atom stereocenters. The van der Waals surface area contributed by atoms with Crippen LogP contribution >= 0.6 is 0 Å². The van der Waals surface area contributed by atoms with Crippen molar-refractivity contribution >= 4 is 17.8 Å². The van der Waals surface area contributed by atoms with Gasteiger partial charge in [0.25, 0.3) is 0 Å². The van der Waals surface area contributed by atoms with E-state index in [0.29, 0.717) is 6.42 Å². The van der Waals surface area contributed by atoms with Gasteiger partial charge in [0.05, 0.1) is 12.6 Å². The number of hydrogen-bond donors (Lipinski definition) is 4. The van der Waals surface area contributed by atoms with Gasteiger partial charge >= 0.3 is 11.9 Å². The molecule has 0 rings (SSSR count). The second kappa shape index (κ2) is 7.65. The Hall–Kier alpha value is -1.63. The molecule has 7 nitrogen and oxygen atoms in total. The van der Waals surface area contributed by atoms with Crippen LogP contribution in [0, 0.1) is 5.92 Å². The molecule has 0 aromatic rings. The Kier molecular flexibility index (Phi) is 6.96. The maximum absolute atomic E-state index is 11.8. The molecule has 0 bridgehead atoms. The van der Waals surface area contributed by atoms with Crippen molar-refractivity contribution in [2.45, 2.75) is 39.3 Å². The van der Waals surface area contributed by atoms with Crippen molar-refractivity contribution in [3.63, 3.8) is 0 Å². The maximum Gasteiger partial charge on any atom is 0.325 e. The summed E-state index contributed by atoms with van der Waals surface area (Å²) < 4.78 is 0. The van der Waals surface area contributed by atoms with Crippen LogP contribution in [0.5, 0.6) is 0 Å². The smallest absolute Gasteiger partial charge is 0.325 e. The van der Waals surface area contributed by atoms with Gasteiger partial charge in [0.2, 0.25) is 5.91 Å². The number of carbonyl (C=O) groups excluding carboxylic acids is 1. The van der Waals surface area contributed by atoms with Gasteiger partial charge < -0.3 is 15.5 Å². The third-order valence-electron chi connectivity index (χ3n) is 2.25. The van der Waals surface area contributed by atoms with Gasteiger partial charge in [-0.3, -0.25) is 19.7 Å². The molecule has 0 aromatic carbocycles. The van der Waals surface area contributed by atoms with Crippen LogP contribution in [0.2, 0.25) is 0 Å². The molecule has 4 N–H and O–H groups in total. The average molecular weight is 260 g/mol. The molecule has 0 spiro atoms. The summed E-state index contributed by atoms with van der Waals surface area (Å²) in [5, 5.41) is 22.1. The van der Waals surface area contributed by atoms with Crippen molar-refractivity contribution in [1.82, 2.24) is 10.6 Å². The van der Waals surface area contributed by atoms with E-state index in [0.717, 1.165) is 0 Å². The normalized spacial score (nSPS) is 14.0. The van der Waals surface area contributed by atoms with Crippen LogP contribution < -0.4 is 10.6 Å². The summed E-state index contributed by atoms with van der Waals surface area (Å²) in [4.78, 5) is 32.8. The zero-order valence-corrected chi connectivity index (χ0v) is 10.8. The van der Waals surface area contributed by atoms with Crippen molar-refractivity contribution in [2.75, 3.05) is 6.54 Å². The Bertz CT molecular complexity index is 317. The first kappa shape index (κ1) is 16.4. The zero-order valence-electron chi connectivity index (χ0n) is 10.8. The fourth-order valence-electron chi connectivity index (χ4n) is 1.34. The predicted octanol–water partition coefficient (Wildman–Crippen LogP) is -0.335. The first-order valence-electron chi connectivity index (χ1n) is 5.72. The third kappa shape index (κ3) is 6.85. The lowest BCUT2D eigenvalue weighted by Gasteiger charge is -2.20. The molecular weight excluding hydrogens is 240 g/mol. The summed E-state index contributed by atoms with van der Waals surface area (Å²) in [6, 6.07) is -1.71. The first-order chi connectivity index (χ1) is 8.23. The molecule has 0 aromatic heterocycles. The molecule has 0 heterocycles. The highest BCUT2D eigenvalue weighted by Gasteiger charge is 2.23. The Labute approximate surface area is 106 Å². The lowest BCUT2D eigenvalue weighted by Crippen LogP contribution is -2.50. The fraction of sp³-hybridized carbons (Fsp3) is 0.727. The molecule has 0 aliphatic rings. The standard InChI is InChI=1S/C11H20N2O5/c1-6(2)4-8(12-5-9(14)15)10(16)13-7(3)11(17)18/h6-8,12H,4-5H2,1-3H3,(H,13,16)(H,14,15)(H,17,18)/t7-,8-/m0/s1. The van der Waals surface area contributed by atoms with Crippen molar-refractivity contribution < 1.29 is 24.6 Å². The lowest BCUT2D eigenvalue weighted by atomic mass is 10.0. The van der Waals surface area contributed by atoms with Crippen LogP contribution in [-0.4, -0.2) is 46.7 Å². The summed E-state index contributed by atoms with van der Waals surface area (Å²) in [6.45, 7) is 4.79. The number of aliphatic carboxylic acids is 2. The minimum absolute atomic E-state index is 0.183. The molecule has 1 amide bonds. The summed E-state index contributed by atoms with van der Waals surface area (Å²) in [5.41, 5.74) is 0. The molecule has 7 heteroatoms. The monoisotopic (exact) mass is 260 g/mol. The SMILES string of the molecule is CC(C)C[C@H](NCC(=O)O)C(=O)N[C@@H](C)C(=O)O. The first-order valence-corrected chi connectivity index (χ1v) is 5.72. The summed E-state index contributed by atoms with van der Waals surface area (Å²) in [5.74, 6) is -2.52. The maximum atomic E-state index is 11.8. The van der Waals surface area contributed by atoms with Crippen molar-refractivity contribution in [3.8, 4) is 0 Å². The predicted molar refractivity (Wildman–Crippen MR) is 64.1 cm³/mol. The van der Waals surface area contributed by atoms with Gasteiger partial charge in [-0.15, -0.1) is 0 Å². The number of carboxylic acid groups (broad SMARTS) is 2. The number of hydrogen-bond acceptors (Lipinski definition) is 4. The van der Waals surface area contributed by atoms with Crippen molar-refractivity contribution in [2.24, 2.45) is 5.92 Å². The van der Waals surface area contributed by atoms with Crippen LogP contribution in [0.1, 0.15) is 27.2 Å². The Morgan fingerprint density at radius 1 is 1.11 bits per heavy atom. The fourth-order valence-corrected chi connectivity index (χ4v) is 1.34. The summed E-state index contributed by atoms with van der Waals surface area (Å²) >= 11 is 0. The van der Waals surface area contributed by atoms with Gasteiger partial charge in [-0.05, 0) is 19.3 Å². The summed E-state index contributed by atoms with van der Waals surface area (Å²) in [6.07, 6.45) is 0.436. The van der Waals surface area contributed by atoms with E-state index in [9.17, 15) is 14.4 Å². The second-order valence-electron chi connectivity index (χ2n) is 4.53. The largest absolute Gasteiger partial charge is 0.480 e. The molecule has 0 aliphatic heterocycles. The average Bonchev–Trinajstić information content (AvgIpc) is 2.22. The van der Waals surface area contributed by atoms with Crippen molar-refractivity contribution in [3.05, 3.63) is 0 Å². The van der Waals surface area contributed by atoms with E-state index in [1.807, 2.05) is 13.8 Å². The number of rotatable bonds is 8. The van der Waals surface area contributed by atoms with Gasteiger partial charge in [0.15, 0.2) is 0 Å². The van der Waals surface area contributed by atoms with Crippen LogP contribution in [0.25, 0.3) is 0 Å². The van der Waals surface area contributed by atoms with Gasteiger partial charge in [0.1, 0.15) is 6.04 Å². The molecular formula is C11H20N2O5. The van der Waals surface area contributed by atoms with E-state index < -0.39 is 29.9 Å². The quantitative estimate of drug-likeness (QED) is 0.474. The van der Waals surface area contributed by atoms with E-state index in [1.165, 1.54) is 6.92 Å². The van der Waals surface area contributed by atoms with Crippen LogP contribution in [0.4, 0.5) is 0 Å². The molecule has 104 valence electrons. The van der Waals surface area contributed by atoms with Gasteiger partial charge in [-0.1, -0.05) is 13.8 Å². The number of carbonyl (C=O) groups is 3. The second-order valence-corrected chi connectivity index (χ2v) is 4.53. The van der Waals surface area contributed by atoms with Crippen LogP contribution in [-0.2, 0) is 14.4 Å². The van der Waals surface area contributed by atoms with Crippen LogP contribution in [0.3, 0.4) is 0 Å². The Morgan fingerprint density at radius 3 is 2.06 bits per heavy atom. The van der Waals surface area contributed by atoms with E-state index in [1.54, 1.807) is 0 Å². The minimum atomic E-state index is -1.13. The number of amides is 1. The molecule has 2 atom stereocenters. The molecule has 0 saturated heterocycles. The molecule has 0 aliphatic carbocycles. The number of nitrogens with one attached hydrogen (secondary N) is 2. The van der Waals surface area contributed by atoms with E-state index >= 15 is 0 Å². The highest BCUT2D eigenvalue weighted by molar-refractivity contribution is 5.87. The highest BCUT2D eigenvalue weighted by Crippen LogP contribution is 2.05. The van der Waals surface area contributed by atoms with E-state index in [4.69, 9.17) is 10.2 Å². The minimum Gasteiger partial charge on any atom is -0.480 e. The third-order valence-corrected chi connectivity index (χ3v) is 2.25. The summed E-state index contributed by atoms with van der Waals surface area (Å²) in [7, 11) is 0. The Morgan fingerprint density at radius 2 is 1.67 bits per heavy atom. The van der Waals surface area contributed by atoms with Crippen molar-refractivity contribution in [1.29, 1.82) is 0 Å². The van der Waals surface area contributed by atoms with E-state index in [-0.39, 0.29) is 12.5 Å². The molecule has 0 fully saturated rings. The van der Waals surface area contributed by atoms with Gasteiger partial charge in [-0.25, -0.2) is 0 Å². The van der Waals surface area contributed by atoms with Gasteiger partial charge in [-0.2, -0.15) is 0 Å². The Balaban J connectivity index is 4.48. The van der Waals surface area contributed by atoms with Crippen LogP contribution in [0.15, 0.2) is 0 Å². The zero-order chi connectivity index (χ0) is 14.3. The van der Waals surface area contributed by atoms with E-state index in [2.05, 4.69) is 10.6 Å². The molecule has 0 saturated carbocycles.